The second kappa shape index (κ2) is 6.22. The standard InChI is InChI=1S/C17H18N2O2/c1-11-8-12(2)10-14(9-11)17(20)18-16-7-5-4-6-15(16)13(3)19-21/h4-10,21H,1-3H3,(H,18,20)/b19-13+. The second-order valence-corrected chi connectivity index (χ2v) is 5.06. The minimum absolute atomic E-state index is 0.181. The number of nitrogens with one attached hydrogen (secondary N) is 1. The van der Waals surface area contributed by atoms with E-state index in [-0.39, 0.29) is 5.91 Å². The molecule has 0 saturated heterocycles. The average molecular weight is 282 g/mol. The van der Waals surface area contributed by atoms with E-state index in [1.165, 1.54) is 0 Å². The summed E-state index contributed by atoms with van der Waals surface area (Å²) in [6.07, 6.45) is 0. The first-order valence-corrected chi connectivity index (χ1v) is 6.69. The number of amides is 1. The van der Waals surface area contributed by atoms with Gasteiger partial charge in [0.05, 0.1) is 11.4 Å². The number of carbonyl (C=O) groups excluding carboxylic acids is 1. The summed E-state index contributed by atoms with van der Waals surface area (Å²) in [5.74, 6) is -0.181. The highest BCUT2D eigenvalue weighted by molar-refractivity contribution is 6.10. The van der Waals surface area contributed by atoms with Gasteiger partial charge < -0.3 is 10.5 Å². The normalized spacial score (nSPS) is 11.3. The van der Waals surface area contributed by atoms with Crippen LogP contribution in [0.5, 0.6) is 0 Å². The highest BCUT2D eigenvalue weighted by Crippen LogP contribution is 2.18. The highest BCUT2D eigenvalue weighted by Gasteiger charge is 2.11. The number of hydrogen-bond acceptors (Lipinski definition) is 3. The Morgan fingerprint density at radius 2 is 1.71 bits per heavy atom. The fourth-order valence-corrected chi connectivity index (χ4v) is 2.26. The fourth-order valence-electron chi connectivity index (χ4n) is 2.26. The van der Waals surface area contributed by atoms with E-state index in [9.17, 15) is 4.79 Å². The van der Waals surface area contributed by atoms with Gasteiger partial charge in [0.25, 0.3) is 5.91 Å². The molecule has 0 spiro atoms. The molecular formula is C17H18N2O2. The second-order valence-electron chi connectivity index (χ2n) is 5.06. The Kier molecular flexibility index (Phi) is 4.38. The van der Waals surface area contributed by atoms with Crippen LogP contribution in [0.25, 0.3) is 0 Å². The van der Waals surface area contributed by atoms with Gasteiger partial charge in [-0.25, -0.2) is 0 Å². The Labute approximate surface area is 124 Å². The lowest BCUT2D eigenvalue weighted by molar-refractivity contribution is 0.102. The predicted octanol–water partition coefficient (Wildman–Crippen LogP) is 3.75. The molecule has 0 radical (unpaired) electrons. The molecule has 0 fully saturated rings. The Balaban J connectivity index is 2.32. The summed E-state index contributed by atoms with van der Waals surface area (Å²) < 4.78 is 0. The van der Waals surface area contributed by atoms with Crippen LogP contribution in [0.1, 0.15) is 34.0 Å². The summed E-state index contributed by atoms with van der Waals surface area (Å²) in [5.41, 5.74) is 4.46. The van der Waals surface area contributed by atoms with Gasteiger partial charge in [0, 0.05) is 11.1 Å². The summed E-state index contributed by atoms with van der Waals surface area (Å²) in [6, 6.07) is 12.9. The van der Waals surface area contributed by atoms with Crippen molar-refractivity contribution in [3.8, 4) is 0 Å². The number of anilines is 1. The predicted molar refractivity (Wildman–Crippen MR) is 84.3 cm³/mol. The first kappa shape index (κ1) is 14.8. The molecule has 0 aliphatic carbocycles. The van der Waals surface area contributed by atoms with Crippen LogP contribution in [0.15, 0.2) is 47.6 Å². The van der Waals surface area contributed by atoms with Gasteiger partial charge in [-0.3, -0.25) is 4.79 Å². The summed E-state index contributed by atoms with van der Waals surface area (Å²) in [4.78, 5) is 12.4. The first-order chi connectivity index (χ1) is 10.0. The van der Waals surface area contributed by atoms with Crippen LogP contribution < -0.4 is 5.32 Å². The van der Waals surface area contributed by atoms with E-state index in [1.54, 1.807) is 19.1 Å². The van der Waals surface area contributed by atoms with Crippen molar-refractivity contribution in [1.29, 1.82) is 0 Å². The van der Waals surface area contributed by atoms with E-state index >= 15 is 0 Å². The molecule has 4 heteroatoms. The van der Waals surface area contributed by atoms with Gasteiger partial charge in [0.1, 0.15) is 0 Å². The van der Waals surface area contributed by atoms with E-state index in [2.05, 4.69) is 10.5 Å². The SMILES string of the molecule is C/C(=N\O)c1ccccc1NC(=O)c1cc(C)cc(C)c1. The molecule has 2 rings (SSSR count). The number of para-hydroxylation sites is 1. The molecule has 0 aliphatic heterocycles. The van der Waals surface area contributed by atoms with Crippen LogP contribution >= 0.6 is 0 Å². The largest absolute Gasteiger partial charge is 0.411 e. The van der Waals surface area contributed by atoms with Crippen LogP contribution in [0.4, 0.5) is 5.69 Å². The summed E-state index contributed by atoms with van der Waals surface area (Å²) >= 11 is 0. The lowest BCUT2D eigenvalue weighted by Gasteiger charge is -2.11. The number of benzene rings is 2. The lowest BCUT2D eigenvalue weighted by atomic mass is 10.1. The Morgan fingerprint density at radius 1 is 1.10 bits per heavy atom. The minimum atomic E-state index is -0.181. The van der Waals surface area contributed by atoms with E-state index in [0.29, 0.717) is 22.5 Å². The lowest BCUT2D eigenvalue weighted by Crippen LogP contribution is -2.14. The number of carbonyl (C=O) groups is 1. The van der Waals surface area contributed by atoms with Crippen LogP contribution in [0, 0.1) is 13.8 Å². The number of aryl methyl sites for hydroxylation is 2. The van der Waals surface area contributed by atoms with E-state index in [0.717, 1.165) is 11.1 Å². The van der Waals surface area contributed by atoms with Crippen molar-refractivity contribution in [3.05, 3.63) is 64.7 Å². The fraction of sp³-hybridized carbons (Fsp3) is 0.176. The Morgan fingerprint density at radius 3 is 2.33 bits per heavy atom. The molecule has 1 amide bonds. The van der Waals surface area contributed by atoms with Gasteiger partial charge in [-0.15, -0.1) is 0 Å². The Hall–Kier alpha value is -2.62. The molecule has 0 aliphatic rings. The maximum atomic E-state index is 12.4. The number of nitrogens with zero attached hydrogens (tertiary/aromatic N) is 1. The average Bonchev–Trinajstić information content (AvgIpc) is 2.46. The third kappa shape index (κ3) is 3.48. The van der Waals surface area contributed by atoms with E-state index in [1.807, 2.05) is 44.2 Å². The molecule has 21 heavy (non-hydrogen) atoms. The van der Waals surface area contributed by atoms with Crippen molar-refractivity contribution in [2.24, 2.45) is 5.16 Å². The summed E-state index contributed by atoms with van der Waals surface area (Å²) in [6.45, 7) is 5.60. The van der Waals surface area contributed by atoms with Crippen molar-refractivity contribution in [3.63, 3.8) is 0 Å². The molecule has 0 bridgehead atoms. The molecule has 4 nitrogen and oxygen atoms in total. The molecule has 2 N–H and O–H groups in total. The van der Waals surface area contributed by atoms with Crippen molar-refractivity contribution in [2.75, 3.05) is 5.32 Å². The van der Waals surface area contributed by atoms with Crippen molar-refractivity contribution in [1.82, 2.24) is 0 Å². The molecule has 108 valence electrons. The smallest absolute Gasteiger partial charge is 0.255 e. The van der Waals surface area contributed by atoms with Gasteiger partial charge in [0.15, 0.2) is 0 Å². The third-order valence-electron chi connectivity index (χ3n) is 3.20. The van der Waals surface area contributed by atoms with Gasteiger partial charge in [-0.05, 0) is 39.0 Å². The topological polar surface area (TPSA) is 61.7 Å². The molecule has 2 aromatic rings. The van der Waals surface area contributed by atoms with E-state index < -0.39 is 0 Å². The first-order valence-electron chi connectivity index (χ1n) is 6.69. The van der Waals surface area contributed by atoms with Crippen LogP contribution in [0.2, 0.25) is 0 Å². The Bertz CT molecular complexity index is 685. The number of oxime groups is 1. The van der Waals surface area contributed by atoms with Gasteiger partial charge >= 0.3 is 0 Å². The summed E-state index contributed by atoms with van der Waals surface area (Å²) in [5, 5.41) is 15.0. The molecule has 0 heterocycles. The third-order valence-corrected chi connectivity index (χ3v) is 3.20. The summed E-state index contributed by atoms with van der Waals surface area (Å²) in [7, 11) is 0. The minimum Gasteiger partial charge on any atom is -0.411 e. The molecule has 2 aromatic carbocycles. The highest BCUT2D eigenvalue weighted by atomic mass is 16.4. The zero-order valence-electron chi connectivity index (χ0n) is 12.3. The molecule has 0 aromatic heterocycles. The van der Waals surface area contributed by atoms with Gasteiger partial charge in [-0.2, -0.15) is 0 Å². The monoisotopic (exact) mass is 282 g/mol. The van der Waals surface area contributed by atoms with Gasteiger partial charge in [0.2, 0.25) is 0 Å². The van der Waals surface area contributed by atoms with Crippen molar-refractivity contribution < 1.29 is 10.0 Å². The quantitative estimate of drug-likeness (QED) is 0.511. The molecule has 0 atom stereocenters. The number of rotatable bonds is 3. The zero-order chi connectivity index (χ0) is 15.4. The number of hydrogen-bond donors (Lipinski definition) is 2. The molecule has 0 saturated carbocycles. The van der Waals surface area contributed by atoms with Crippen molar-refractivity contribution in [2.45, 2.75) is 20.8 Å². The molecular weight excluding hydrogens is 264 g/mol. The maximum Gasteiger partial charge on any atom is 0.255 e. The molecule has 0 unspecified atom stereocenters. The van der Waals surface area contributed by atoms with E-state index in [4.69, 9.17) is 5.21 Å². The maximum absolute atomic E-state index is 12.4. The van der Waals surface area contributed by atoms with Crippen LogP contribution in [-0.2, 0) is 0 Å². The van der Waals surface area contributed by atoms with Gasteiger partial charge in [-0.1, -0.05) is 40.5 Å². The van der Waals surface area contributed by atoms with Crippen LogP contribution in [-0.4, -0.2) is 16.8 Å². The van der Waals surface area contributed by atoms with Crippen LogP contribution in [0.3, 0.4) is 0 Å². The zero-order valence-corrected chi connectivity index (χ0v) is 12.3. The van der Waals surface area contributed by atoms with Crippen molar-refractivity contribution >= 4 is 17.3 Å².